The van der Waals surface area contributed by atoms with E-state index in [0.717, 1.165) is 11.4 Å². The van der Waals surface area contributed by atoms with E-state index in [-0.39, 0.29) is 5.41 Å². The maximum Gasteiger partial charge on any atom is 0.0633 e. The molecule has 0 atom stereocenters. The van der Waals surface area contributed by atoms with Gasteiger partial charge >= 0.3 is 0 Å². The Labute approximate surface area is 147 Å². The van der Waals surface area contributed by atoms with Gasteiger partial charge in [0, 0.05) is 21.7 Å². The molecular formula is C21H19ClN2. The van der Waals surface area contributed by atoms with Crippen LogP contribution in [0.25, 0.3) is 11.1 Å². The minimum atomic E-state index is -0.0104. The highest BCUT2D eigenvalue weighted by Crippen LogP contribution is 2.51. The van der Waals surface area contributed by atoms with Gasteiger partial charge in [-0.1, -0.05) is 61.8 Å². The van der Waals surface area contributed by atoms with Crippen LogP contribution in [0.4, 0.5) is 17.1 Å². The first kappa shape index (κ1) is 15.1. The Hall–Kier alpha value is -2.45. The van der Waals surface area contributed by atoms with E-state index in [1.807, 2.05) is 12.1 Å². The Bertz CT molecular complexity index is 944. The lowest BCUT2D eigenvalue weighted by Gasteiger charge is -2.21. The molecule has 0 fully saturated rings. The van der Waals surface area contributed by atoms with Crippen LogP contribution in [0.2, 0.25) is 5.02 Å². The minimum Gasteiger partial charge on any atom is -0.397 e. The first-order chi connectivity index (χ1) is 11.5. The van der Waals surface area contributed by atoms with Crippen molar-refractivity contribution in [3.63, 3.8) is 0 Å². The van der Waals surface area contributed by atoms with Gasteiger partial charge < -0.3 is 11.1 Å². The second kappa shape index (κ2) is 5.29. The van der Waals surface area contributed by atoms with E-state index >= 15 is 0 Å². The maximum absolute atomic E-state index is 6.13. The molecule has 0 radical (unpaired) electrons. The second-order valence-electron chi connectivity index (χ2n) is 6.76. The van der Waals surface area contributed by atoms with Crippen molar-refractivity contribution in [2.75, 3.05) is 11.1 Å². The first-order valence-electron chi connectivity index (χ1n) is 8.04. The molecule has 0 saturated carbocycles. The number of anilines is 3. The van der Waals surface area contributed by atoms with Crippen molar-refractivity contribution in [1.82, 2.24) is 0 Å². The summed E-state index contributed by atoms with van der Waals surface area (Å²) in [5.41, 5.74) is 13.9. The lowest BCUT2D eigenvalue weighted by atomic mass is 9.82. The van der Waals surface area contributed by atoms with Crippen molar-refractivity contribution in [1.29, 1.82) is 0 Å². The molecule has 0 saturated heterocycles. The van der Waals surface area contributed by atoms with Gasteiger partial charge in [0.15, 0.2) is 0 Å². The Morgan fingerprint density at radius 1 is 0.875 bits per heavy atom. The predicted molar refractivity (Wildman–Crippen MR) is 103 cm³/mol. The summed E-state index contributed by atoms with van der Waals surface area (Å²) in [6.45, 7) is 4.55. The summed E-state index contributed by atoms with van der Waals surface area (Å²) in [6, 6.07) is 20.5. The minimum absolute atomic E-state index is 0.0104. The summed E-state index contributed by atoms with van der Waals surface area (Å²) in [5.74, 6) is 0. The molecule has 0 bridgehead atoms. The number of nitrogen functional groups attached to an aromatic ring is 1. The predicted octanol–water partition coefficient (Wildman–Crippen LogP) is 5.97. The van der Waals surface area contributed by atoms with E-state index < -0.39 is 0 Å². The molecule has 3 aromatic rings. The molecule has 3 heteroatoms. The molecule has 1 aliphatic carbocycles. The molecular weight excluding hydrogens is 316 g/mol. The number of nitrogens with one attached hydrogen (secondary N) is 1. The molecule has 0 spiro atoms. The summed E-state index contributed by atoms with van der Waals surface area (Å²) in [5, 5.41) is 4.15. The standard InChI is InChI=1S/C21H19ClN2/c1-21(2)15-7-4-3-6-14(15)20-16(21)8-5-9-18(20)24-19-12-13(22)10-11-17(19)23/h3-12,24H,23H2,1-2H3. The van der Waals surface area contributed by atoms with Crippen molar-refractivity contribution in [3.8, 4) is 11.1 Å². The molecule has 0 aliphatic heterocycles. The van der Waals surface area contributed by atoms with Crippen LogP contribution in [0.3, 0.4) is 0 Å². The van der Waals surface area contributed by atoms with Crippen molar-refractivity contribution >= 4 is 28.7 Å². The molecule has 3 aromatic carbocycles. The van der Waals surface area contributed by atoms with Crippen LogP contribution in [-0.2, 0) is 5.41 Å². The highest BCUT2D eigenvalue weighted by Gasteiger charge is 2.36. The smallest absolute Gasteiger partial charge is 0.0633 e. The largest absolute Gasteiger partial charge is 0.397 e. The molecule has 4 rings (SSSR count). The number of fused-ring (bicyclic) bond motifs is 3. The number of hydrogen-bond donors (Lipinski definition) is 2. The van der Waals surface area contributed by atoms with Gasteiger partial charge in [-0.25, -0.2) is 0 Å². The van der Waals surface area contributed by atoms with Gasteiger partial charge in [0.25, 0.3) is 0 Å². The maximum atomic E-state index is 6.13. The summed E-state index contributed by atoms with van der Waals surface area (Å²) in [7, 11) is 0. The van der Waals surface area contributed by atoms with Gasteiger partial charge in [0.05, 0.1) is 11.4 Å². The van der Waals surface area contributed by atoms with Crippen molar-refractivity contribution in [2.45, 2.75) is 19.3 Å². The van der Waals surface area contributed by atoms with Gasteiger partial charge in [-0.2, -0.15) is 0 Å². The zero-order valence-corrected chi connectivity index (χ0v) is 14.5. The third kappa shape index (κ3) is 2.18. The Morgan fingerprint density at radius 3 is 2.46 bits per heavy atom. The molecule has 2 nitrogen and oxygen atoms in total. The van der Waals surface area contributed by atoms with Crippen LogP contribution in [0.1, 0.15) is 25.0 Å². The third-order valence-corrected chi connectivity index (χ3v) is 5.13. The summed E-state index contributed by atoms with van der Waals surface area (Å²) in [4.78, 5) is 0. The van der Waals surface area contributed by atoms with Gasteiger partial charge in [-0.15, -0.1) is 0 Å². The highest BCUT2D eigenvalue weighted by atomic mass is 35.5. The number of halogens is 1. The van der Waals surface area contributed by atoms with Crippen LogP contribution in [0, 0.1) is 0 Å². The fourth-order valence-electron chi connectivity index (χ4n) is 3.64. The summed E-state index contributed by atoms with van der Waals surface area (Å²) >= 11 is 6.13. The van der Waals surface area contributed by atoms with Gasteiger partial charge in [0.2, 0.25) is 0 Å². The van der Waals surface area contributed by atoms with Crippen molar-refractivity contribution in [2.24, 2.45) is 0 Å². The van der Waals surface area contributed by atoms with E-state index in [4.69, 9.17) is 17.3 Å². The third-order valence-electron chi connectivity index (χ3n) is 4.89. The molecule has 0 unspecified atom stereocenters. The normalized spacial score (nSPS) is 14.1. The molecule has 24 heavy (non-hydrogen) atoms. The van der Waals surface area contributed by atoms with E-state index in [2.05, 4.69) is 61.6 Å². The van der Waals surface area contributed by atoms with E-state index in [9.17, 15) is 0 Å². The van der Waals surface area contributed by atoms with Crippen LogP contribution >= 0.6 is 11.6 Å². The van der Waals surface area contributed by atoms with E-state index in [0.29, 0.717) is 10.7 Å². The summed E-state index contributed by atoms with van der Waals surface area (Å²) in [6.07, 6.45) is 0. The topological polar surface area (TPSA) is 38.0 Å². The Morgan fingerprint density at radius 2 is 1.62 bits per heavy atom. The monoisotopic (exact) mass is 334 g/mol. The lowest BCUT2D eigenvalue weighted by Crippen LogP contribution is -2.14. The van der Waals surface area contributed by atoms with E-state index in [1.165, 1.54) is 22.3 Å². The molecule has 0 heterocycles. The zero-order valence-electron chi connectivity index (χ0n) is 13.7. The van der Waals surface area contributed by atoms with Crippen LogP contribution in [0.15, 0.2) is 60.7 Å². The quantitative estimate of drug-likeness (QED) is 0.566. The number of benzene rings is 3. The SMILES string of the molecule is CC1(C)c2ccccc2-c2c(Nc3cc(Cl)ccc3N)cccc21. The van der Waals surface area contributed by atoms with Crippen molar-refractivity contribution in [3.05, 3.63) is 76.8 Å². The van der Waals surface area contributed by atoms with Crippen molar-refractivity contribution < 1.29 is 0 Å². The van der Waals surface area contributed by atoms with Gasteiger partial charge in [-0.05, 0) is 41.0 Å². The summed E-state index contributed by atoms with van der Waals surface area (Å²) < 4.78 is 0. The van der Waals surface area contributed by atoms with E-state index in [1.54, 1.807) is 6.07 Å². The van der Waals surface area contributed by atoms with Crippen LogP contribution < -0.4 is 11.1 Å². The Kier molecular flexibility index (Phi) is 3.33. The first-order valence-corrected chi connectivity index (χ1v) is 8.42. The number of rotatable bonds is 2. The van der Waals surface area contributed by atoms with Gasteiger partial charge in [0.1, 0.15) is 0 Å². The fraction of sp³-hybridized carbons (Fsp3) is 0.143. The Balaban J connectivity index is 1.90. The molecule has 3 N–H and O–H groups in total. The number of nitrogens with two attached hydrogens (primary N) is 1. The average molecular weight is 335 g/mol. The molecule has 0 aromatic heterocycles. The zero-order chi connectivity index (χ0) is 16.9. The lowest BCUT2D eigenvalue weighted by molar-refractivity contribution is 0.660. The number of hydrogen-bond acceptors (Lipinski definition) is 2. The van der Waals surface area contributed by atoms with Crippen LogP contribution in [0.5, 0.6) is 0 Å². The molecule has 120 valence electrons. The molecule has 1 aliphatic rings. The fourth-order valence-corrected chi connectivity index (χ4v) is 3.81. The highest BCUT2D eigenvalue weighted by molar-refractivity contribution is 6.31. The van der Waals surface area contributed by atoms with Crippen LogP contribution in [-0.4, -0.2) is 0 Å². The average Bonchev–Trinajstić information content (AvgIpc) is 2.81. The second-order valence-corrected chi connectivity index (χ2v) is 7.19. The molecule has 0 amide bonds. The van der Waals surface area contributed by atoms with Gasteiger partial charge in [-0.3, -0.25) is 0 Å².